The van der Waals surface area contributed by atoms with Crippen LogP contribution in [0.15, 0.2) is 66.7 Å². The third kappa shape index (κ3) is 4.33. The second-order valence-electron chi connectivity index (χ2n) is 5.94. The molecule has 0 spiro atoms. The van der Waals surface area contributed by atoms with Crippen molar-refractivity contribution in [1.82, 2.24) is 0 Å². The molecule has 0 bridgehead atoms. The van der Waals surface area contributed by atoms with Gasteiger partial charge in [0, 0.05) is 16.7 Å². The van der Waals surface area contributed by atoms with Gasteiger partial charge >= 0.3 is 5.97 Å². The molecule has 0 heterocycles. The van der Waals surface area contributed by atoms with Crippen molar-refractivity contribution < 1.29 is 32.2 Å². The molecule has 0 aliphatic rings. The molecular formula is C21H15BrF4O3. The predicted molar refractivity (Wildman–Crippen MR) is 103 cm³/mol. The van der Waals surface area contributed by atoms with Gasteiger partial charge in [0.05, 0.1) is 0 Å². The molecule has 0 atom stereocenters. The van der Waals surface area contributed by atoms with Gasteiger partial charge in [-0.3, -0.25) is 0 Å². The molecule has 0 aromatic heterocycles. The van der Waals surface area contributed by atoms with E-state index in [4.69, 9.17) is 4.74 Å². The molecule has 3 aromatic rings. The van der Waals surface area contributed by atoms with Gasteiger partial charge in [-0.25, -0.2) is 22.4 Å². The zero-order valence-electron chi connectivity index (χ0n) is 14.7. The number of halogens is 5. The highest BCUT2D eigenvalue weighted by atomic mass is 79.9. The highest BCUT2D eigenvalue weighted by Crippen LogP contribution is 2.41. The first kappa shape index (κ1) is 22.6. The summed E-state index contributed by atoms with van der Waals surface area (Å²) >= 11 is 0. The summed E-state index contributed by atoms with van der Waals surface area (Å²) in [5, 5.41) is 9.19. The molecule has 0 amide bonds. The molecule has 3 rings (SSSR count). The third-order valence-corrected chi connectivity index (χ3v) is 4.23. The monoisotopic (exact) mass is 470 g/mol. The summed E-state index contributed by atoms with van der Waals surface area (Å²) < 4.78 is 60.5. The molecular weight excluding hydrogens is 456 g/mol. The van der Waals surface area contributed by atoms with Crippen molar-refractivity contribution in [3.63, 3.8) is 0 Å². The quantitative estimate of drug-likeness (QED) is 0.335. The average molecular weight is 471 g/mol. The summed E-state index contributed by atoms with van der Waals surface area (Å²) in [5.41, 5.74) is -1.80. The number of carbonyl (C=O) groups excluding carboxylic acids is 1. The van der Waals surface area contributed by atoms with Crippen molar-refractivity contribution in [2.45, 2.75) is 5.60 Å². The summed E-state index contributed by atoms with van der Waals surface area (Å²) in [7, 11) is 0. The van der Waals surface area contributed by atoms with Gasteiger partial charge in [-0.1, -0.05) is 42.5 Å². The Balaban J connectivity index is 0.00000300. The Hall–Kier alpha value is -2.71. The van der Waals surface area contributed by atoms with E-state index in [1.807, 2.05) is 0 Å². The first-order valence-electron chi connectivity index (χ1n) is 8.17. The van der Waals surface area contributed by atoms with E-state index in [0.29, 0.717) is 0 Å². The van der Waals surface area contributed by atoms with Crippen LogP contribution in [0.2, 0.25) is 0 Å². The van der Waals surface area contributed by atoms with Crippen molar-refractivity contribution in [3.05, 3.63) is 107 Å². The largest absolute Gasteiger partial charge is 0.443 e. The summed E-state index contributed by atoms with van der Waals surface area (Å²) in [6.45, 7) is -1.01. The van der Waals surface area contributed by atoms with Crippen LogP contribution in [0.25, 0.3) is 0 Å². The Kier molecular flexibility index (Phi) is 7.16. The number of rotatable bonds is 5. The fourth-order valence-electron chi connectivity index (χ4n) is 2.98. The standard InChI is InChI=1S/C21H14F4O3.BrH/c22-16-8-6-14(10-18(16)24)21(28-20(27)12-26,13-4-2-1-3-5-13)15-7-9-17(23)19(25)11-15;/h1-11,26H,12H2;1H. The van der Waals surface area contributed by atoms with Crippen LogP contribution in [0.5, 0.6) is 0 Å². The van der Waals surface area contributed by atoms with Gasteiger partial charge in [-0.15, -0.1) is 17.0 Å². The summed E-state index contributed by atoms with van der Waals surface area (Å²) in [4.78, 5) is 12.0. The first-order chi connectivity index (χ1) is 13.4. The van der Waals surface area contributed by atoms with E-state index in [1.54, 1.807) is 18.2 Å². The number of hydrogen-bond acceptors (Lipinski definition) is 3. The number of hydrogen-bond donors (Lipinski definition) is 1. The minimum Gasteiger partial charge on any atom is -0.443 e. The molecule has 1 N–H and O–H groups in total. The Morgan fingerprint density at radius 2 is 1.24 bits per heavy atom. The van der Waals surface area contributed by atoms with Crippen LogP contribution in [-0.4, -0.2) is 17.7 Å². The minimum absolute atomic E-state index is 0. The van der Waals surface area contributed by atoms with E-state index in [0.717, 1.165) is 36.4 Å². The fourth-order valence-corrected chi connectivity index (χ4v) is 2.98. The van der Waals surface area contributed by atoms with Crippen molar-refractivity contribution in [2.24, 2.45) is 0 Å². The Morgan fingerprint density at radius 3 is 1.66 bits per heavy atom. The van der Waals surface area contributed by atoms with Gasteiger partial charge in [-0.05, 0) is 24.3 Å². The van der Waals surface area contributed by atoms with Crippen molar-refractivity contribution in [1.29, 1.82) is 0 Å². The average Bonchev–Trinajstić information content (AvgIpc) is 2.71. The van der Waals surface area contributed by atoms with Gasteiger partial charge in [0.2, 0.25) is 0 Å². The van der Waals surface area contributed by atoms with E-state index in [-0.39, 0.29) is 33.7 Å². The molecule has 0 saturated carbocycles. The molecule has 0 aliphatic carbocycles. The summed E-state index contributed by atoms with van der Waals surface area (Å²) in [6.07, 6.45) is 0. The number of benzene rings is 3. The van der Waals surface area contributed by atoms with Gasteiger partial charge in [-0.2, -0.15) is 0 Å². The molecule has 29 heavy (non-hydrogen) atoms. The lowest BCUT2D eigenvalue weighted by Gasteiger charge is -2.35. The van der Waals surface area contributed by atoms with Gasteiger partial charge in [0.25, 0.3) is 0 Å². The van der Waals surface area contributed by atoms with E-state index >= 15 is 0 Å². The van der Waals surface area contributed by atoms with Crippen LogP contribution in [0.4, 0.5) is 17.6 Å². The summed E-state index contributed by atoms with van der Waals surface area (Å²) in [5.74, 6) is -5.81. The highest BCUT2D eigenvalue weighted by Gasteiger charge is 2.41. The maximum atomic E-state index is 14.0. The zero-order valence-corrected chi connectivity index (χ0v) is 16.5. The Labute approximate surface area is 174 Å². The van der Waals surface area contributed by atoms with E-state index in [2.05, 4.69) is 0 Å². The maximum absolute atomic E-state index is 14.0. The van der Waals surface area contributed by atoms with Crippen LogP contribution in [0, 0.1) is 23.3 Å². The molecule has 8 heteroatoms. The minimum atomic E-state index is -1.95. The van der Waals surface area contributed by atoms with E-state index in [1.165, 1.54) is 12.1 Å². The molecule has 3 aromatic carbocycles. The molecule has 152 valence electrons. The Morgan fingerprint density at radius 1 is 0.759 bits per heavy atom. The van der Waals surface area contributed by atoms with Gasteiger partial charge < -0.3 is 9.84 Å². The molecule has 0 aliphatic heterocycles. The smallest absolute Gasteiger partial charge is 0.333 e. The van der Waals surface area contributed by atoms with Gasteiger partial charge in [0.15, 0.2) is 28.9 Å². The highest BCUT2D eigenvalue weighted by molar-refractivity contribution is 8.93. The van der Waals surface area contributed by atoms with E-state index < -0.39 is 41.4 Å². The van der Waals surface area contributed by atoms with Crippen molar-refractivity contribution in [3.8, 4) is 0 Å². The second kappa shape index (κ2) is 9.19. The number of aliphatic hydroxyl groups excluding tert-OH is 1. The van der Waals surface area contributed by atoms with Crippen LogP contribution >= 0.6 is 17.0 Å². The zero-order chi connectivity index (χ0) is 20.3. The number of carbonyl (C=O) groups is 1. The topological polar surface area (TPSA) is 46.5 Å². The number of aliphatic hydroxyl groups is 1. The van der Waals surface area contributed by atoms with Crippen LogP contribution < -0.4 is 0 Å². The maximum Gasteiger partial charge on any atom is 0.333 e. The third-order valence-electron chi connectivity index (χ3n) is 4.23. The number of ether oxygens (including phenoxy) is 1. The first-order valence-corrected chi connectivity index (χ1v) is 8.17. The predicted octanol–water partition coefficient (Wildman–Crippen LogP) is 4.65. The SMILES string of the molecule is Br.O=C(CO)OC(c1ccccc1)(c1ccc(F)c(F)c1)c1ccc(F)c(F)c1. The van der Waals surface area contributed by atoms with Crippen LogP contribution in [0.1, 0.15) is 16.7 Å². The normalized spacial score (nSPS) is 10.9. The van der Waals surface area contributed by atoms with Crippen molar-refractivity contribution >= 4 is 23.0 Å². The summed E-state index contributed by atoms with van der Waals surface area (Å²) in [6, 6.07) is 13.5. The molecule has 0 unspecified atom stereocenters. The van der Waals surface area contributed by atoms with Crippen LogP contribution in [0.3, 0.4) is 0 Å². The van der Waals surface area contributed by atoms with Crippen LogP contribution in [-0.2, 0) is 15.1 Å². The van der Waals surface area contributed by atoms with Gasteiger partial charge in [0.1, 0.15) is 6.61 Å². The van der Waals surface area contributed by atoms with Crippen molar-refractivity contribution in [2.75, 3.05) is 6.61 Å². The van der Waals surface area contributed by atoms with E-state index in [9.17, 15) is 27.5 Å². The molecule has 0 fully saturated rings. The molecule has 0 saturated heterocycles. The second-order valence-corrected chi connectivity index (χ2v) is 5.94. The lowest BCUT2D eigenvalue weighted by Crippen LogP contribution is -2.36. The Bertz CT molecular complexity index is 961. The lowest BCUT2D eigenvalue weighted by atomic mass is 9.80. The number of esters is 1. The molecule has 3 nitrogen and oxygen atoms in total. The lowest BCUT2D eigenvalue weighted by molar-refractivity contribution is -0.156. The fraction of sp³-hybridized carbons (Fsp3) is 0.0952. The molecule has 0 radical (unpaired) electrons.